The molecule has 2 aromatic carbocycles. The number of benzene rings is 2. The zero-order chi connectivity index (χ0) is 35.4. The van der Waals surface area contributed by atoms with Crippen LogP contribution in [0.5, 0.6) is 0 Å². The second-order valence-corrected chi connectivity index (χ2v) is 14.6. The van der Waals surface area contributed by atoms with E-state index in [0.717, 1.165) is 24.8 Å². The Morgan fingerprint density at radius 2 is 1.70 bits per heavy atom. The number of rotatable bonds is 9. The number of unbranched alkanes of at least 4 members (excludes halogenated alkanes) is 2. The monoisotopic (exact) mass is 747 g/mol. The number of amides is 3. The van der Waals surface area contributed by atoms with Crippen molar-refractivity contribution in [2.24, 2.45) is 11.8 Å². The number of likely N-dealkylation sites (tertiary alicyclic amines) is 1. The molecule has 266 valence electrons. The number of aliphatic hydroxyl groups is 1. The Balaban J connectivity index is 1.46. The van der Waals surface area contributed by atoms with Crippen molar-refractivity contribution in [1.29, 1.82) is 0 Å². The van der Waals surface area contributed by atoms with Crippen molar-refractivity contribution in [3.8, 4) is 0 Å². The van der Waals surface area contributed by atoms with Crippen LogP contribution in [-0.2, 0) is 35.1 Å². The molecule has 0 radical (unpaired) electrons. The number of esters is 1. The summed E-state index contributed by atoms with van der Waals surface area (Å²) in [4.78, 5) is 60.6. The van der Waals surface area contributed by atoms with Gasteiger partial charge >= 0.3 is 5.97 Å². The zero-order valence-electron chi connectivity index (χ0n) is 28.6. The summed E-state index contributed by atoms with van der Waals surface area (Å²) in [5.41, 5.74) is 0.129. The standard InChI is InChI=1S/C39H46BrN3O7/c1-3-4-13-20-42-21-14-7-12-19-30(45)41-25(2)33(27-17-10-6-11-18-27)49-38(48)31-32-36(46)43(28(24-44)22-26-15-8-5-9-16-26)35(37(42)47)39(32)23-29(40)34(31)50-39/h5-11,14-18,23,25,28,31-35,44H,3-4,12-13,19-22,24H2,1-2H3,(H,41,45)/b14-7-/t25-,28-,31+,32-,33+,34+,35+,39-/m1/s1. The summed E-state index contributed by atoms with van der Waals surface area (Å²) < 4.78 is 13.5. The predicted molar refractivity (Wildman–Crippen MR) is 191 cm³/mol. The van der Waals surface area contributed by atoms with Crippen LogP contribution in [0.4, 0.5) is 0 Å². The van der Waals surface area contributed by atoms with Gasteiger partial charge in [-0.05, 0) is 43.4 Å². The highest BCUT2D eigenvalue weighted by Crippen LogP contribution is 2.59. The van der Waals surface area contributed by atoms with Crippen LogP contribution in [0.25, 0.3) is 0 Å². The lowest BCUT2D eigenvalue weighted by Crippen LogP contribution is -2.59. The van der Waals surface area contributed by atoms with Gasteiger partial charge in [0.2, 0.25) is 17.7 Å². The van der Waals surface area contributed by atoms with Crippen LogP contribution in [0.3, 0.4) is 0 Å². The number of carbonyl (C=O) groups is 4. The summed E-state index contributed by atoms with van der Waals surface area (Å²) in [7, 11) is 0. The molecule has 0 aliphatic carbocycles. The smallest absolute Gasteiger partial charge is 0.313 e. The van der Waals surface area contributed by atoms with Crippen molar-refractivity contribution < 1.29 is 33.8 Å². The van der Waals surface area contributed by atoms with Gasteiger partial charge in [0, 0.05) is 24.0 Å². The lowest BCUT2D eigenvalue weighted by atomic mass is 9.74. The third-order valence-electron chi connectivity index (χ3n) is 10.4. The molecule has 4 heterocycles. The molecule has 2 saturated heterocycles. The number of nitrogens with zero attached hydrogens (tertiary/aromatic N) is 2. The SMILES string of the molecule is CCCCCN1C/C=C\CCC(=O)N[C@H](C)[C@@H](c2ccccc2)OC(=O)[C@@H]2[C@H]3O[C@@]4(C=C3Br)[C@H](C1=O)N([C@@H](CO)Cc1ccccc1)C(=O)[C@@H]24. The summed E-state index contributed by atoms with van der Waals surface area (Å²) in [6.07, 6.45) is 7.51. The maximum atomic E-state index is 15.0. The Labute approximate surface area is 302 Å². The number of carbonyl (C=O) groups excluding carboxylic acids is 4. The summed E-state index contributed by atoms with van der Waals surface area (Å²) >= 11 is 3.63. The number of allylic oxidation sites excluding steroid dienone is 1. The fourth-order valence-electron chi connectivity index (χ4n) is 7.99. The number of cyclic esters (lactones) is 1. The van der Waals surface area contributed by atoms with Gasteiger partial charge in [0.05, 0.1) is 24.6 Å². The molecule has 1 spiro atoms. The van der Waals surface area contributed by atoms with E-state index in [0.29, 0.717) is 29.4 Å². The number of fused-ring (bicyclic) bond motifs is 2. The van der Waals surface area contributed by atoms with Crippen molar-refractivity contribution >= 4 is 39.6 Å². The number of ether oxygens (including phenoxy) is 2. The molecule has 8 atom stereocenters. The first kappa shape index (κ1) is 36.0. The summed E-state index contributed by atoms with van der Waals surface area (Å²) in [5.74, 6) is -3.72. The van der Waals surface area contributed by atoms with Crippen LogP contribution in [-0.4, -0.2) is 88.1 Å². The van der Waals surface area contributed by atoms with E-state index < -0.39 is 59.6 Å². The molecule has 2 aromatic rings. The van der Waals surface area contributed by atoms with E-state index >= 15 is 0 Å². The van der Waals surface area contributed by atoms with Crippen LogP contribution < -0.4 is 5.32 Å². The molecule has 0 aromatic heterocycles. The molecular formula is C39H46BrN3O7. The third-order valence-corrected chi connectivity index (χ3v) is 11.1. The average molecular weight is 749 g/mol. The van der Waals surface area contributed by atoms with Gasteiger partial charge in [-0.2, -0.15) is 0 Å². The van der Waals surface area contributed by atoms with Gasteiger partial charge in [-0.3, -0.25) is 19.2 Å². The first-order chi connectivity index (χ1) is 24.2. The first-order valence-electron chi connectivity index (χ1n) is 17.7. The molecule has 0 saturated carbocycles. The van der Waals surface area contributed by atoms with E-state index in [1.807, 2.05) is 72.8 Å². The zero-order valence-corrected chi connectivity index (χ0v) is 30.2. The van der Waals surface area contributed by atoms with Crippen molar-refractivity contribution in [3.05, 3.63) is 94.5 Å². The topological polar surface area (TPSA) is 125 Å². The lowest BCUT2D eigenvalue weighted by molar-refractivity contribution is -0.162. The Morgan fingerprint density at radius 1 is 0.980 bits per heavy atom. The van der Waals surface area contributed by atoms with E-state index in [1.54, 1.807) is 17.9 Å². The Morgan fingerprint density at radius 3 is 2.40 bits per heavy atom. The third kappa shape index (κ3) is 6.92. The molecule has 2 fully saturated rings. The number of nitrogens with one attached hydrogen (secondary N) is 1. The maximum absolute atomic E-state index is 15.0. The highest BCUT2D eigenvalue weighted by molar-refractivity contribution is 9.11. The van der Waals surface area contributed by atoms with Crippen molar-refractivity contribution in [1.82, 2.24) is 15.1 Å². The van der Waals surface area contributed by atoms with Crippen LogP contribution >= 0.6 is 15.9 Å². The van der Waals surface area contributed by atoms with Crippen LogP contribution in [0.15, 0.2) is 83.4 Å². The van der Waals surface area contributed by atoms with E-state index in [-0.39, 0.29) is 31.4 Å². The predicted octanol–water partition coefficient (Wildman–Crippen LogP) is 4.62. The largest absolute Gasteiger partial charge is 0.455 e. The number of hydrogen-bond donors (Lipinski definition) is 2. The minimum absolute atomic E-state index is 0.189. The molecule has 10 nitrogen and oxygen atoms in total. The Kier molecular flexibility index (Phi) is 11.2. The molecule has 4 aliphatic heterocycles. The molecule has 6 rings (SSSR count). The van der Waals surface area contributed by atoms with Gasteiger partial charge in [-0.25, -0.2) is 0 Å². The number of aliphatic hydroxyl groups excluding tert-OH is 1. The van der Waals surface area contributed by atoms with E-state index in [2.05, 4.69) is 28.2 Å². The maximum Gasteiger partial charge on any atom is 0.313 e. The molecule has 11 heteroatoms. The number of halogens is 1. The normalized spacial score (nSPS) is 31.2. The van der Waals surface area contributed by atoms with Crippen molar-refractivity contribution in [2.75, 3.05) is 19.7 Å². The molecule has 3 amide bonds. The Hall–Kier alpha value is -3.80. The summed E-state index contributed by atoms with van der Waals surface area (Å²) in [6.45, 7) is 4.23. The lowest BCUT2D eigenvalue weighted by Gasteiger charge is -2.39. The van der Waals surface area contributed by atoms with Crippen molar-refractivity contribution in [2.45, 2.75) is 88.3 Å². The van der Waals surface area contributed by atoms with E-state index in [9.17, 15) is 24.3 Å². The van der Waals surface area contributed by atoms with E-state index in [1.165, 1.54) is 4.90 Å². The fraction of sp³-hybridized carbons (Fsp3) is 0.487. The molecular weight excluding hydrogens is 702 g/mol. The molecule has 4 aliphatic rings. The molecule has 2 N–H and O–H groups in total. The molecule has 50 heavy (non-hydrogen) atoms. The Bertz CT molecular complexity index is 1620. The van der Waals surface area contributed by atoms with Crippen LogP contribution in [0, 0.1) is 11.8 Å². The van der Waals surface area contributed by atoms with E-state index in [4.69, 9.17) is 9.47 Å². The van der Waals surface area contributed by atoms with Crippen LogP contribution in [0.2, 0.25) is 0 Å². The van der Waals surface area contributed by atoms with Crippen molar-refractivity contribution in [3.63, 3.8) is 0 Å². The molecule has 5 bridgehead atoms. The molecule has 0 unspecified atom stereocenters. The van der Waals surface area contributed by atoms with Gasteiger partial charge in [0.1, 0.15) is 29.8 Å². The minimum atomic E-state index is -1.46. The van der Waals surface area contributed by atoms with Gasteiger partial charge in [-0.15, -0.1) is 0 Å². The second-order valence-electron chi connectivity index (χ2n) is 13.7. The summed E-state index contributed by atoms with van der Waals surface area (Å²) in [6, 6.07) is 16.3. The second kappa shape index (κ2) is 15.6. The van der Waals surface area contributed by atoms with Gasteiger partial charge in [-0.1, -0.05) is 109 Å². The summed E-state index contributed by atoms with van der Waals surface area (Å²) in [5, 5.41) is 13.9. The minimum Gasteiger partial charge on any atom is -0.455 e. The number of hydrogen-bond acceptors (Lipinski definition) is 7. The fourth-order valence-corrected chi connectivity index (χ4v) is 8.73. The van der Waals surface area contributed by atoms with Crippen LogP contribution in [0.1, 0.15) is 63.2 Å². The first-order valence-corrected chi connectivity index (χ1v) is 18.5. The van der Waals surface area contributed by atoms with Gasteiger partial charge < -0.3 is 29.7 Å². The van der Waals surface area contributed by atoms with Gasteiger partial charge in [0.25, 0.3) is 0 Å². The van der Waals surface area contributed by atoms with Gasteiger partial charge in [0.15, 0.2) is 0 Å². The quantitative estimate of drug-likeness (QED) is 0.218. The highest BCUT2D eigenvalue weighted by Gasteiger charge is 2.75. The average Bonchev–Trinajstić information content (AvgIpc) is 3.71. The highest BCUT2D eigenvalue weighted by atomic mass is 79.9.